The summed E-state index contributed by atoms with van der Waals surface area (Å²) in [4.78, 5) is 11.5. The van der Waals surface area contributed by atoms with Gasteiger partial charge >= 0.3 is 5.97 Å². The first-order valence-electron chi connectivity index (χ1n) is 5.74. The fourth-order valence-corrected chi connectivity index (χ4v) is 2.34. The van der Waals surface area contributed by atoms with Crippen molar-refractivity contribution in [1.82, 2.24) is 0 Å². The number of hydrogen-bond donors (Lipinski definition) is 0. The minimum atomic E-state index is -0.322. The van der Waals surface area contributed by atoms with E-state index in [1.54, 1.807) is 6.92 Å². The second-order valence-electron chi connectivity index (χ2n) is 3.93. The Morgan fingerprint density at radius 1 is 1.44 bits per heavy atom. The first-order chi connectivity index (χ1) is 8.58. The molecule has 0 spiro atoms. The molecule has 0 radical (unpaired) electrons. The van der Waals surface area contributed by atoms with Crippen LogP contribution in [0, 0.1) is 0 Å². The highest BCUT2D eigenvalue weighted by molar-refractivity contribution is 9.09. The van der Waals surface area contributed by atoms with Crippen LogP contribution in [0.2, 0.25) is 5.02 Å². The molecule has 0 fully saturated rings. The Balaban J connectivity index is 2.70. The highest BCUT2D eigenvalue weighted by Crippen LogP contribution is 2.26. The van der Waals surface area contributed by atoms with Gasteiger partial charge in [-0.25, -0.2) is 4.79 Å². The normalized spacial score (nSPS) is 11.9. The lowest BCUT2D eigenvalue weighted by atomic mass is 9.94. The van der Waals surface area contributed by atoms with E-state index >= 15 is 0 Å². The number of halogens is 2. The van der Waals surface area contributed by atoms with Gasteiger partial charge in [0.2, 0.25) is 0 Å². The average Bonchev–Trinajstić information content (AvgIpc) is 2.37. The molecule has 0 bridgehead atoms. The van der Waals surface area contributed by atoms with E-state index in [0.717, 1.165) is 10.9 Å². The molecule has 1 rings (SSSR count). The largest absolute Gasteiger partial charge is 0.463 e. The molecule has 0 amide bonds. The number of carbonyl (C=O) groups excluding carboxylic acids is 1. The van der Waals surface area contributed by atoms with E-state index in [0.29, 0.717) is 23.6 Å². The predicted molar refractivity (Wildman–Crippen MR) is 78.4 cm³/mol. The molecule has 1 atom stereocenters. The second-order valence-corrected chi connectivity index (χ2v) is 5.01. The molecule has 0 saturated heterocycles. The Morgan fingerprint density at radius 3 is 2.56 bits per heavy atom. The van der Waals surface area contributed by atoms with Gasteiger partial charge in [-0.3, -0.25) is 0 Å². The fourth-order valence-electron chi connectivity index (χ4n) is 1.61. The number of rotatable bonds is 6. The van der Waals surface area contributed by atoms with Crippen LogP contribution in [0.4, 0.5) is 0 Å². The van der Waals surface area contributed by atoms with Gasteiger partial charge in [-0.1, -0.05) is 46.2 Å². The monoisotopic (exact) mass is 330 g/mol. The SMILES string of the molecule is C=C(CC(CBr)c1ccc(Cl)cc1)C(=O)OCC. The third-order valence-electron chi connectivity index (χ3n) is 2.58. The maximum atomic E-state index is 11.5. The quantitative estimate of drug-likeness (QED) is 0.440. The third-order valence-corrected chi connectivity index (χ3v) is 3.62. The maximum absolute atomic E-state index is 11.5. The van der Waals surface area contributed by atoms with Crippen molar-refractivity contribution in [2.24, 2.45) is 0 Å². The van der Waals surface area contributed by atoms with Crippen molar-refractivity contribution in [3.63, 3.8) is 0 Å². The minimum Gasteiger partial charge on any atom is -0.463 e. The van der Waals surface area contributed by atoms with Crippen LogP contribution in [0.3, 0.4) is 0 Å². The molecule has 4 heteroatoms. The first-order valence-corrected chi connectivity index (χ1v) is 7.24. The van der Waals surface area contributed by atoms with Crippen LogP contribution in [0.5, 0.6) is 0 Å². The van der Waals surface area contributed by atoms with Crippen LogP contribution in [-0.2, 0) is 9.53 Å². The van der Waals surface area contributed by atoms with Crippen LogP contribution in [0.1, 0.15) is 24.8 Å². The fraction of sp³-hybridized carbons (Fsp3) is 0.357. The van der Waals surface area contributed by atoms with Gasteiger partial charge < -0.3 is 4.74 Å². The van der Waals surface area contributed by atoms with Crippen LogP contribution >= 0.6 is 27.5 Å². The summed E-state index contributed by atoms with van der Waals surface area (Å²) in [5.41, 5.74) is 1.62. The van der Waals surface area contributed by atoms with E-state index < -0.39 is 0 Å². The molecule has 1 aromatic rings. The van der Waals surface area contributed by atoms with Crippen molar-refractivity contribution in [2.75, 3.05) is 11.9 Å². The Morgan fingerprint density at radius 2 is 2.06 bits per heavy atom. The van der Waals surface area contributed by atoms with Crippen LogP contribution in [-0.4, -0.2) is 17.9 Å². The molecule has 0 heterocycles. The van der Waals surface area contributed by atoms with Gasteiger partial charge in [0.1, 0.15) is 0 Å². The van der Waals surface area contributed by atoms with Crippen molar-refractivity contribution >= 4 is 33.5 Å². The van der Waals surface area contributed by atoms with Gasteiger partial charge in [0.25, 0.3) is 0 Å². The van der Waals surface area contributed by atoms with Crippen molar-refractivity contribution < 1.29 is 9.53 Å². The molecule has 0 saturated carbocycles. The number of ether oxygens (including phenoxy) is 1. The van der Waals surface area contributed by atoms with E-state index in [1.165, 1.54) is 0 Å². The van der Waals surface area contributed by atoms with Crippen molar-refractivity contribution in [3.05, 3.63) is 47.0 Å². The Bertz CT molecular complexity index is 414. The zero-order valence-corrected chi connectivity index (χ0v) is 12.6. The number of carbonyl (C=O) groups is 1. The second kappa shape index (κ2) is 7.59. The standard InChI is InChI=1S/C14H16BrClO2/c1-3-18-14(17)10(2)8-12(9-15)11-4-6-13(16)7-5-11/h4-7,12H,2-3,8-9H2,1H3. The molecule has 1 aromatic carbocycles. The highest BCUT2D eigenvalue weighted by Gasteiger charge is 2.16. The smallest absolute Gasteiger partial charge is 0.333 e. The first kappa shape index (κ1) is 15.3. The zero-order valence-electron chi connectivity index (χ0n) is 10.3. The van der Waals surface area contributed by atoms with Crippen LogP contribution in [0.15, 0.2) is 36.4 Å². The number of esters is 1. The number of benzene rings is 1. The minimum absolute atomic E-state index is 0.194. The Kier molecular flexibility index (Phi) is 6.44. The lowest BCUT2D eigenvalue weighted by Gasteiger charge is -2.15. The molecule has 0 N–H and O–H groups in total. The maximum Gasteiger partial charge on any atom is 0.333 e. The molecular formula is C14H16BrClO2. The summed E-state index contributed by atoms with van der Waals surface area (Å²) < 4.78 is 4.93. The highest BCUT2D eigenvalue weighted by atomic mass is 79.9. The van der Waals surface area contributed by atoms with Crippen molar-refractivity contribution in [3.8, 4) is 0 Å². The number of hydrogen-bond acceptors (Lipinski definition) is 2. The van der Waals surface area contributed by atoms with Crippen molar-refractivity contribution in [1.29, 1.82) is 0 Å². The van der Waals surface area contributed by atoms with Crippen molar-refractivity contribution in [2.45, 2.75) is 19.3 Å². The summed E-state index contributed by atoms with van der Waals surface area (Å²) in [7, 11) is 0. The Hall–Kier alpha value is -0.800. The average molecular weight is 332 g/mol. The number of alkyl halides is 1. The van der Waals surface area contributed by atoms with Crippen LogP contribution in [0.25, 0.3) is 0 Å². The third kappa shape index (κ3) is 4.46. The van der Waals surface area contributed by atoms with E-state index in [1.807, 2.05) is 24.3 Å². The molecule has 0 aromatic heterocycles. The van der Waals surface area contributed by atoms with Gasteiger partial charge in [-0.05, 0) is 37.0 Å². The lowest BCUT2D eigenvalue weighted by molar-refractivity contribution is -0.138. The predicted octanol–water partition coefficient (Wildman–Crippen LogP) is 4.33. The van der Waals surface area contributed by atoms with E-state index in [-0.39, 0.29) is 11.9 Å². The molecule has 18 heavy (non-hydrogen) atoms. The lowest BCUT2D eigenvalue weighted by Crippen LogP contribution is -2.11. The molecule has 2 nitrogen and oxygen atoms in total. The van der Waals surface area contributed by atoms with Crippen LogP contribution < -0.4 is 0 Å². The summed E-state index contributed by atoms with van der Waals surface area (Å²) in [5.74, 6) is -0.128. The van der Waals surface area contributed by atoms with Gasteiger partial charge in [-0.2, -0.15) is 0 Å². The Labute approximate surface area is 121 Å². The topological polar surface area (TPSA) is 26.3 Å². The van der Waals surface area contributed by atoms with E-state index in [9.17, 15) is 4.79 Å². The molecule has 1 unspecified atom stereocenters. The van der Waals surface area contributed by atoms with E-state index in [2.05, 4.69) is 22.5 Å². The zero-order chi connectivity index (χ0) is 13.5. The summed E-state index contributed by atoms with van der Waals surface area (Å²) in [6.45, 7) is 5.94. The van der Waals surface area contributed by atoms with Gasteiger partial charge in [0.15, 0.2) is 0 Å². The molecule has 0 aliphatic carbocycles. The molecule has 0 aliphatic rings. The van der Waals surface area contributed by atoms with Gasteiger partial charge in [-0.15, -0.1) is 0 Å². The molecular weight excluding hydrogens is 316 g/mol. The summed E-state index contributed by atoms with van der Waals surface area (Å²) in [6.07, 6.45) is 0.575. The summed E-state index contributed by atoms with van der Waals surface area (Å²) in [6, 6.07) is 7.62. The summed E-state index contributed by atoms with van der Waals surface area (Å²) in [5, 5.41) is 1.46. The van der Waals surface area contributed by atoms with Gasteiger partial charge in [0.05, 0.1) is 6.61 Å². The summed E-state index contributed by atoms with van der Waals surface area (Å²) >= 11 is 9.32. The van der Waals surface area contributed by atoms with E-state index in [4.69, 9.17) is 16.3 Å². The molecule has 0 aliphatic heterocycles. The molecule has 98 valence electrons. The van der Waals surface area contributed by atoms with Gasteiger partial charge in [0, 0.05) is 15.9 Å².